The predicted octanol–water partition coefficient (Wildman–Crippen LogP) is 19.1. The van der Waals surface area contributed by atoms with E-state index in [4.69, 9.17) is 4.98 Å². The van der Waals surface area contributed by atoms with Gasteiger partial charge in [0.05, 0.1) is 0 Å². The maximum absolute atomic E-state index is 5.16. The first-order chi connectivity index (χ1) is 34.1. The van der Waals surface area contributed by atoms with Crippen molar-refractivity contribution in [3.63, 3.8) is 0 Å². The van der Waals surface area contributed by atoms with Gasteiger partial charge < -0.3 is 4.98 Å². The van der Waals surface area contributed by atoms with E-state index in [-0.39, 0.29) is 25.5 Å². The van der Waals surface area contributed by atoms with E-state index in [9.17, 15) is 0 Å². The van der Waals surface area contributed by atoms with Crippen LogP contribution in [0.4, 0.5) is 0 Å². The quantitative estimate of drug-likeness (QED) is 0.0547. The molecule has 0 aliphatic heterocycles. The van der Waals surface area contributed by atoms with Crippen LogP contribution in [0.1, 0.15) is 113 Å². The van der Waals surface area contributed by atoms with E-state index in [2.05, 4.69) is 214 Å². The topological polar surface area (TPSA) is 12.9 Å². The Bertz CT molecular complexity index is 3140. The van der Waals surface area contributed by atoms with Crippen LogP contribution < -0.4 is 0 Å². The van der Waals surface area contributed by atoms with Gasteiger partial charge in [0.25, 0.3) is 0 Å². The van der Waals surface area contributed by atoms with E-state index < -0.39 is 0 Å². The fourth-order valence-corrected chi connectivity index (χ4v) is 11.2. The Kier molecular flexibility index (Phi) is 16.2. The summed E-state index contributed by atoms with van der Waals surface area (Å²) in [7, 11) is 0. The van der Waals surface area contributed by atoms with Crippen LogP contribution in [0.25, 0.3) is 77.7 Å². The van der Waals surface area contributed by atoms with E-state index in [1.165, 1.54) is 154 Å². The average Bonchev–Trinajstić information content (AvgIpc) is 3.68. The van der Waals surface area contributed by atoms with Gasteiger partial charge in [0.15, 0.2) is 0 Å². The third-order valence-electron chi connectivity index (χ3n) is 15.0. The molecule has 2 heteroatoms. The van der Waals surface area contributed by atoms with Crippen molar-refractivity contribution in [3.8, 4) is 66.9 Å². The normalized spacial score (nSPS) is 12.4. The van der Waals surface area contributed by atoms with Gasteiger partial charge >= 0.3 is 0 Å². The fraction of sp³-hybridized carbons (Fsp3) is 0.250. The summed E-state index contributed by atoms with van der Waals surface area (Å²) < 4.78 is 0. The molecule has 70 heavy (non-hydrogen) atoms. The summed E-state index contributed by atoms with van der Waals surface area (Å²) in [6, 6.07) is 73.9. The number of hydrogen-bond acceptors (Lipinski definition) is 1. The van der Waals surface area contributed by atoms with Crippen LogP contribution >= 0.6 is 0 Å². The zero-order chi connectivity index (χ0) is 46.8. The van der Waals surface area contributed by atoms with Gasteiger partial charge in [-0.3, -0.25) is 0 Å². The Morgan fingerprint density at radius 2 is 0.943 bits per heavy atom. The van der Waals surface area contributed by atoms with Crippen molar-refractivity contribution < 1.29 is 20.1 Å². The summed E-state index contributed by atoms with van der Waals surface area (Å²) in [6.45, 7) is 4.65. The number of aryl methyl sites for hydroxylation is 2. The number of benzene rings is 8. The van der Waals surface area contributed by atoms with Crippen LogP contribution in [0.5, 0.6) is 0 Å². The largest absolute Gasteiger partial charge is 0.304 e. The Balaban J connectivity index is 0.00000608. The number of rotatable bonds is 20. The molecule has 0 fully saturated rings. The molecule has 1 radical (unpaired) electrons. The molecule has 353 valence electrons. The molecule has 0 N–H and O–H groups in total. The SMILES string of the molecule is CCCCCC1(CCCCC)c2cc(-c3ccc(-c4cccc(-c5cccc(-c6cccc(CCCCCCc7ccccc7)c6)c5)c4)cn3)[c-]cc2-c2ccc(-c3ccc4ccccc4c3)cc21.[Ir]. The molecule has 0 unspecified atom stereocenters. The van der Waals surface area contributed by atoms with E-state index in [0.29, 0.717) is 0 Å². The Morgan fingerprint density at radius 1 is 0.400 bits per heavy atom. The smallest absolute Gasteiger partial charge is 0.0239 e. The average molecular weight is 1090 g/mol. The molecule has 1 aromatic heterocycles. The molecule has 0 saturated heterocycles. The molecule has 1 aliphatic carbocycles. The van der Waals surface area contributed by atoms with Gasteiger partial charge in [-0.25, -0.2) is 0 Å². The first-order valence-corrected chi connectivity index (χ1v) is 26.1. The van der Waals surface area contributed by atoms with E-state index in [0.717, 1.165) is 36.1 Å². The summed E-state index contributed by atoms with van der Waals surface area (Å²) in [5.74, 6) is 0. The molecule has 0 saturated carbocycles. The summed E-state index contributed by atoms with van der Waals surface area (Å²) in [5, 5.41) is 2.57. The van der Waals surface area contributed by atoms with Crippen molar-refractivity contribution in [1.82, 2.24) is 4.98 Å². The fourth-order valence-electron chi connectivity index (χ4n) is 11.2. The van der Waals surface area contributed by atoms with Crippen LogP contribution in [0, 0.1) is 6.07 Å². The zero-order valence-electron chi connectivity index (χ0n) is 41.2. The first kappa shape index (κ1) is 48.8. The molecule has 0 amide bonds. The van der Waals surface area contributed by atoms with Crippen LogP contribution in [0.3, 0.4) is 0 Å². The molecule has 10 rings (SSSR count). The van der Waals surface area contributed by atoms with Crippen LogP contribution in [0.2, 0.25) is 0 Å². The molecule has 8 aromatic carbocycles. The number of aromatic nitrogens is 1. The number of unbranched alkanes of at least 4 members (excludes halogenated alkanes) is 7. The van der Waals surface area contributed by atoms with E-state index in [1.54, 1.807) is 0 Å². The third kappa shape index (κ3) is 10.9. The number of hydrogen-bond donors (Lipinski definition) is 0. The minimum atomic E-state index is -0.0467. The Morgan fingerprint density at radius 3 is 1.61 bits per heavy atom. The van der Waals surface area contributed by atoms with Crippen molar-refractivity contribution in [2.75, 3.05) is 0 Å². The summed E-state index contributed by atoms with van der Waals surface area (Å²) in [5.41, 5.74) is 20.4. The minimum absolute atomic E-state index is 0. The standard InChI is InChI=1S/C68H66N.Ir/c1-3-5-16-41-68(42-17-6-4-2)65-47-60(59-34-33-52-26-14-15-27-54(52)44-59)35-38-63(65)64-39-36-61(48-66(64)68)67-40-37-62(49-69-67)58-32-20-31-57(46-58)56-30-19-29-55(45-56)53-28-18-25-51(43-53)24-11-8-7-10-21-50-22-12-9-13-23-50;/h9,12-15,18-20,22-23,25-35,37-40,43-49H,3-8,10-11,16-17,21,24,41-42H2,1-2H3;/q-1;. The monoisotopic (exact) mass is 1090 g/mol. The first-order valence-electron chi connectivity index (χ1n) is 26.1. The number of pyridine rings is 1. The molecule has 9 aromatic rings. The molecular weight excluding hydrogens is 1020 g/mol. The molecule has 1 nitrogen and oxygen atoms in total. The summed E-state index contributed by atoms with van der Waals surface area (Å²) >= 11 is 0. The Labute approximate surface area is 431 Å². The summed E-state index contributed by atoms with van der Waals surface area (Å²) in [4.78, 5) is 5.16. The van der Waals surface area contributed by atoms with Crippen molar-refractivity contribution in [2.24, 2.45) is 0 Å². The van der Waals surface area contributed by atoms with Gasteiger partial charge in [-0.05, 0) is 134 Å². The zero-order valence-corrected chi connectivity index (χ0v) is 43.6. The predicted molar refractivity (Wildman–Crippen MR) is 295 cm³/mol. The van der Waals surface area contributed by atoms with Gasteiger partial charge in [0.2, 0.25) is 0 Å². The van der Waals surface area contributed by atoms with Crippen molar-refractivity contribution >= 4 is 10.8 Å². The maximum atomic E-state index is 5.16. The molecule has 0 spiro atoms. The number of fused-ring (bicyclic) bond motifs is 4. The molecule has 1 heterocycles. The van der Waals surface area contributed by atoms with Crippen LogP contribution in [-0.4, -0.2) is 4.98 Å². The van der Waals surface area contributed by atoms with Crippen LogP contribution in [-0.2, 0) is 38.4 Å². The second-order valence-corrected chi connectivity index (χ2v) is 19.7. The number of nitrogens with zero attached hydrogens (tertiary/aromatic N) is 1. The van der Waals surface area contributed by atoms with Crippen LogP contribution in [0.15, 0.2) is 194 Å². The van der Waals surface area contributed by atoms with Gasteiger partial charge in [-0.15, -0.1) is 29.3 Å². The van der Waals surface area contributed by atoms with E-state index >= 15 is 0 Å². The van der Waals surface area contributed by atoms with Gasteiger partial charge in [-0.2, -0.15) is 0 Å². The maximum Gasteiger partial charge on any atom is 0.0239 e. The molecule has 0 bridgehead atoms. The second-order valence-electron chi connectivity index (χ2n) is 19.7. The van der Waals surface area contributed by atoms with Gasteiger partial charge in [-0.1, -0.05) is 234 Å². The second kappa shape index (κ2) is 23.2. The van der Waals surface area contributed by atoms with E-state index in [1.807, 2.05) is 0 Å². The molecule has 1 aliphatic rings. The third-order valence-corrected chi connectivity index (χ3v) is 15.0. The van der Waals surface area contributed by atoms with Crippen molar-refractivity contribution in [1.29, 1.82) is 0 Å². The summed E-state index contributed by atoms with van der Waals surface area (Å²) in [6.07, 6.45) is 19.1. The molecule has 0 atom stereocenters. The van der Waals surface area contributed by atoms with Crippen molar-refractivity contribution in [3.05, 3.63) is 223 Å². The van der Waals surface area contributed by atoms with Crippen molar-refractivity contribution in [2.45, 2.75) is 109 Å². The van der Waals surface area contributed by atoms with Gasteiger partial charge in [0, 0.05) is 31.7 Å². The molecular formula is C68H66IrN-. The Hall–Kier alpha value is -6.18. The minimum Gasteiger partial charge on any atom is -0.304 e. The van der Waals surface area contributed by atoms with Gasteiger partial charge in [0.1, 0.15) is 0 Å².